The van der Waals surface area contributed by atoms with Gasteiger partial charge in [0, 0.05) is 16.5 Å². The van der Waals surface area contributed by atoms with Gasteiger partial charge in [-0.05, 0) is 19.4 Å². The van der Waals surface area contributed by atoms with E-state index in [4.69, 9.17) is 0 Å². The number of nitrogens with one attached hydrogen (secondary N) is 1. The van der Waals surface area contributed by atoms with Gasteiger partial charge >= 0.3 is 0 Å². The van der Waals surface area contributed by atoms with Crippen LogP contribution >= 0.6 is 11.8 Å². The van der Waals surface area contributed by atoms with Gasteiger partial charge in [-0.25, -0.2) is 0 Å². The van der Waals surface area contributed by atoms with Gasteiger partial charge in [-0.1, -0.05) is 65.2 Å². The molecule has 3 atom stereocenters. The third-order valence-electron chi connectivity index (χ3n) is 4.33. The van der Waals surface area contributed by atoms with Gasteiger partial charge in [0.25, 0.3) is 0 Å². The molecule has 1 aliphatic rings. The van der Waals surface area contributed by atoms with E-state index in [2.05, 4.69) is 19.2 Å². The topological polar surface area (TPSA) is 32.3 Å². The van der Waals surface area contributed by atoms with Gasteiger partial charge in [0.15, 0.2) is 0 Å². The minimum atomic E-state index is 0.306. The van der Waals surface area contributed by atoms with Crippen LogP contribution in [0, 0.1) is 0 Å². The third kappa shape index (κ3) is 7.90. The molecule has 3 unspecified atom stereocenters. The van der Waals surface area contributed by atoms with Crippen molar-refractivity contribution in [1.29, 1.82) is 0 Å². The summed E-state index contributed by atoms with van der Waals surface area (Å²) in [5, 5.41) is 14.1. The molecule has 0 spiro atoms. The number of aliphatic hydroxyl groups excluding tert-OH is 1. The van der Waals surface area contributed by atoms with Crippen molar-refractivity contribution in [2.24, 2.45) is 0 Å². The van der Waals surface area contributed by atoms with Crippen LogP contribution in [0.5, 0.6) is 0 Å². The van der Waals surface area contributed by atoms with Gasteiger partial charge in [-0.2, -0.15) is 11.8 Å². The highest BCUT2D eigenvalue weighted by atomic mass is 32.2. The fourth-order valence-corrected chi connectivity index (χ4v) is 4.57. The standard InChI is InChI=1S/C17H35NOS/c1-3-18-16-12-10-8-6-4-5-7-9-11-13-17(16)20-15(2)14-19/h15-19H,3-14H2,1-2H3. The van der Waals surface area contributed by atoms with Gasteiger partial charge < -0.3 is 10.4 Å². The first-order chi connectivity index (χ1) is 9.77. The Morgan fingerprint density at radius 3 is 2.10 bits per heavy atom. The molecule has 0 aromatic carbocycles. The van der Waals surface area contributed by atoms with Crippen molar-refractivity contribution in [3.8, 4) is 0 Å². The molecule has 0 radical (unpaired) electrons. The molecule has 1 aliphatic carbocycles. The predicted octanol–water partition coefficient (Wildman–Crippen LogP) is 4.36. The van der Waals surface area contributed by atoms with Crippen LogP contribution in [0.3, 0.4) is 0 Å². The van der Waals surface area contributed by atoms with E-state index in [0.717, 1.165) is 6.54 Å². The zero-order chi connectivity index (χ0) is 14.6. The van der Waals surface area contributed by atoms with Gasteiger partial charge in [-0.15, -0.1) is 0 Å². The molecular weight excluding hydrogens is 266 g/mol. The second-order valence-corrected chi connectivity index (χ2v) is 7.92. The molecule has 0 aromatic rings. The summed E-state index contributed by atoms with van der Waals surface area (Å²) in [7, 11) is 0. The molecule has 120 valence electrons. The summed E-state index contributed by atoms with van der Waals surface area (Å²) < 4.78 is 0. The summed E-state index contributed by atoms with van der Waals surface area (Å²) in [5.41, 5.74) is 0. The number of hydrogen-bond acceptors (Lipinski definition) is 3. The van der Waals surface area contributed by atoms with Crippen molar-refractivity contribution in [2.45, 2.75) is 94.6 Å². The first-order valence-corrected chi connectivity index (χ1v) is 9.72. The largest absolute Gasteiger partial charge is 0.395 e. The molecule has 1 fully saturated rings. The lowest BCUT2D eigenvalue weighted by molar-refractivity contribution is 0.299. The molecule has 0 aliphatic heterocycles. The Hall–Kier alpha value is 0.270. The van der Waals surface area contributed by atoms with E-state index in [0.29, 0.717) is 23.1 Å². The Labute approximate surface area is 130 Å². The van der Waals surface area contributed by atoms with Gasteiger partial charge in [0.2, 0.25) is 0 Å². The van der Waals surface area contributed by atoms with E-state index in [1.165, 1.54) is 64.2 Å². The van der Waals surface area contributed by atoms with Crippen LogP contribution in [-0.2, 0) is 0 Å². The Morgan fingerprint density at radius 2 is 1.55 bits per heavy atom. The molecule has 0 bridgehead atoms. The summed E-state index contributed by atoms with van der Waals surface area (Å²) in [5.74, 6) is 0. The average molecular weight is 302 g/mol. The Kier molecular flexibility index (Phi) is 10.9. The Balaban J connectivity index is 2.56. The van der Waals surface area contributed by atoms with E-state index in [-0.39, 0.29) is 0 Å². The number of rotatable bonds is 5. The number of thioether (sulfide) groups is 1. The predicted molar refractivity (Wildman–Crippen MR) is 91.6 cm³/mol. The van der Waals surface area contributed by atoms with E-state index in [9.17, 15) is 5.11 Å². The maximum Gasteiger partial charge on any atom is 0.0547 e. The summed E-state index contributed by atoms with van der Waals surface area (Å²) in [6.45, 7) is 5.74. The molecule has 2 nitrogen and oxygen atoms in total. The van der Waals surface area contributed by atoms with E-state index < -0.39 is 0 Å². The quantitative estimate of drug-likeness (QED) is 0.791. The highest BCUT2D eigenvalue weighted by molar-refractivity contribution is 8.00. The highest BCUT2D eigenvalue weighted by Crippen LogP contribution is 2.28. The van der Waals surface area contributed by atoms with E-state index in [1.807, 2.05) is 11.8 Å². The normalized spacial score (nSPS) is 28.4. The second kappa shape index (κ2) is 11.9. The van der Waals surface area contributed by atoms with Crippen LogP contribution < -0.4 is 5.32 Å². The molecule has 0 amide bonds. The van der Waals surface area contributed by atoms with Crippen LogP contribution in [0.25, 0.3) is 0 Å². The molecule has 0 heterocycles. The van der Waals surface area contributed by atoms with E-state index in [1.54, 1.807) is 0 Å². The van der Waals surface area contributed by atoms with Crippen molar-refractivity contribution in [1.82, 2.24) is 5.32 Å². The van der Waals surface area contributed by atoms with Crippen LogP contribution in [-0.4, -0.2) is 34.8 Å². The molecule has 3 heteroatoms. The maximum atomic E-state index is 9.35. The SMILES string of the molecule is CCNC1CCCCCCCCCCC1SC(C)CO. The molecular formula is C17H35NOS. The van der Waals surface area contributed by atoms with Gasteiger partial charge in [0.1, 0.15) is 0 Å². The first kappa shape index (κ1) is 18.3. The lowest BCUT2D eigenvalue weighted by Gasteiger charge is -2.30. The maximum absolute atomic E-state index is 9.35. The first-order valence-electron chi connectivity index (χ1n) is 8.77. The van der Waals surface area contributed by atoms with Crippen LogP contribution in [0.1, 0.15) is 78.1 Å². The minimum absolute atomic E-state index is 0.306. The van der Waals surface area contributed by atoms with Crippen molar-refractivity contribution < 1.29 is 5.11 Å². The van der Waals surface area contributed by atoms with Crippen molar-refractivity contribution >= 4 is 11.8 Å². The average Bonchev–Trinajstić information content (AvgIpc) is 2.44. The van der Waals surface area contributed by atoms with Crippen molar-refractivity contribution in [2.75, 3.05) is 13.2 Å². The summed E-state index contributed by atoms with van der Waals surface area (Å²) in [6.07, 6.45) is 13.8. The monoisotopic (exact) mass is 301 g/mol. The Bertz CT molecular complexity index is 225. The fraction of sp³-hybridized carbons (Fsp3) is 1.00. The van der Waals surface area contributed by atoms with Gasteiger partial charge in [-0.3, -0.25) is 0 Å². The van der Waals surface area contributed by atoms with E-state index >= 15 is 0 Å². The molecule has 0 saturated heterocycles. The highest BCUT2D eigenvalue weighted by Gasteiger charge is 2.22. The number of aliphatic hydroxyl groups is 1. The van der Waals surface area contributed by atoms with Crippen LogP contribution in [0.4, 0.5) is 0 Å². The Morgan fingerprint density at radius 1 is 1.00 bits per heavy atom. The molecule has 20 heavy (non-hydrogen) atoms. The molecule has 0 aromatic heterocycles. The lowest BCUT2D eigenvalue weighted by atomic mass is 9.97. The molecule has 1 rings (SSSR count). The van der Waals surface area contributed by atoms with Crippen LogP contribution in [0.15, 0.2) is 0 Å². The zero-order valence-electron chi connectivity index (χ0n) is 13.6. The van der Waals surface area contributed by atoms with Crippen LogP contribution in [0.2, 0.25) is 0 Å². The summed E-state index contributed by atoms with van der Waals surface area (Å²) >= 11 is 2.01. The summed E-state index contributed by atoms with van der Waals surface area (Å²) in [4.78, 5) is 0. The van der Waals surface area contributed by atoms with Gasteiger partial charge in [0.05, 0.1) is 6.61 Å². The minimum Gasteiger partial charge on any atom is -0.395 e. The fourth-order valence-electron chi connectivity index (χ4n) is 3.16. The smallest absolute Gasteiger partial charge is 0.0547 e. The second-order valence-electron chi connectivity index (χ2n) is 6.24. The molecule has 2 N–H and O–H groups in total. The van der Waals surface area contributed by atoms with Crippen molar-refractivity contribution in [3.05, 3.63) is 0 Å². The van der Waals surface area contributed by atoms with Crippen molar-refractivity contribution in [3.63, 3.8) is 0 Å². The number of hydrogen-bond donors (Lipinski definition) is 2. The zero-order valence-corrected chi connectivity index (χ0v) is 14.4. The summed E-state index contributed by atoms with van der Waals surface area (Å²) in [6, 6.07) is 0.637. The third-order valence-corrected chi connectivity index (χ3v) is 5.86. The molecule has 1 saturated carbocycles. The lowest BCUT2D eigenvalue weighted by Crippen LogP contribution is -2.39.